The van der Waals surface area contributed by atoms with E-state index in [-0.39, 0.29) is 5.91 Å². The van der Waals surface area contributed by atoms with Crippen LogP contribution in [0.1, 0.15) is 30.9 Å². The molecule has 0 bridgehead atoms. The van der Waals surface area contributed by atoms with E-state index in [0.717, 1.165) is 24.1 Å². The Bertz CT molecular complexity index is 423. The first-order chi connectivity index (χ1) is 8.56. The highest BCUT2D eigenvalue weighted by Gasteiger charge is 2.08. The van der Waals surface area contributed by atoms with Gasteiger partial charge in [-0.05, 0) is 31.4 Å². The molecule has 0 aliphatic carbocycles. The zero-order valence-corrected chi connectivity index (χ0v) is 11.8. The second-order valence-electron chi connectivity index (χ2n) is 4.12. The van der Waals surface area contributed by atoms with Gasteiger partial charge in [0.05, 0.1) is 0 Å². The Morgan fingerprint density at radius 1 is 1.22 bits per heavy atom. The van der Waals surface area contributed by atoms with Gasteiger partial charge in [-0.3, -0.25) is 4.79 Å². The van der Waals surface area contributed by atoms with Crippen LogP contribution in [0, 0.1) is 13.8 Å². The minimum absolute atomic E-state index is 0.0423. The molecule has 1 aromatic heterocycles. The van der Waals surface area contributed by atoms with Crippen LogP contribution in [-0.4, -0.2) is 29.2 Å². The molecular formula is C12H19ClN4O. The van der Waals surface area contributed by atoms with E-state index in [1.807, 2.05) is 20.8 Å². The quantitative estimate of drug-likeness (QED) is 0.831. The van der Waals surface area contributed by atoms with Crippen molar-refractivity contribution in [2.24, 2.45) is 0 Å². The molecule has 0 saturated carbocycles. The highest BCUT2D eigenvalue weighted by molar-refractivity contribution is 6.30. The van der Waals surface area contributed by atoms with Gasteiger partial charge in [0.1, 0.15) is 0 Å². The van der Waals surface area contributed by atoms with Crippen LogP contribution in [0.15, 0.2) is 0 Å². The van der Waals surface area contributed by atoms with E-state index in [1.54, 1.807) is 0 Å². The van der Waals surface area contributed by atoms with Crippen LogP contribution in [0.5, 0.6) is 0 Å². The molecule has 1 heterocycles. The number of nitrogens with zero attached hydrogens (tertiary/aromatic N) is 2. The van der Waals surface area contributed by atoms with Gasteiger partial charge in [0.25, 0.3) is 0 Å². The van der Waals surface area contributed by atoms with Gasteiger partial charge in [0.15, 0.2) is 11.0 Å². The molecule has 6 heteroatoms. The van der Waals surface area contributed by atoms with Crippen molar-refractivity contribution in [1.82, 2.24) is 15.5 Å². The third-order valence-electron chi connectivity index (χ3n) is 2.68. The first-order valence-corrected chi connectivity index (χ1v) is 6.44. The molecule has 1 rings (SSSR count). The lowest BCUT2D eigenvalue weighted by Crippen LogP contribution is -2.26. The highest BCUT2D eigenvalue weighted by atomic mass is 35.5. The van der Waals surface area contributed by atoms with Crippen LogP contribution in [0.4, 0.5) is 5.82 Å². The maximum atomic E-state index is 11.4. The van der Waals surface area contributed by atoms with Crippen molar-refractivity contribution in [2.45, 2.75) is 33.6 Å². The number of nitrogens with one attached hydrogen (secondary N) is 2. The van der Waals surface area contributed by atoms with Crippen molar-refractivity contribution >= 4 is 23.3 Å². The summed E-state index contributed by atoms with van der Waals surface area (Å²) in [5.41, 5.74) is 1.87. The molecular weight excluding hydrogens is 252 g/mol. The van der Waals surface area contributed by atoms with Crippen molar-refractivity contribution in [3.05, 3.63) is 16.3 Å². The molecule has 5 nitrogen and oxygen atoms in total. The van der Waals surface area contributed by atoms with Gasteiger partial charge >= 0.3 is 0 Å². The fraction of sp³-hybridized carbons (Fsp3) is 0.583. The molecule has 18 heavy (non-hydrogen) atoms. The Hall–Kier alpha value is -1.36. The molecule has 0 fully saturated rings. The summed E-state index contributed by atoms with van der Waals surface area (Å²) in [5.74, 6) is 0.723. The molecule has 0 aliphatic rings. The van der Waals surface area contributed by atoms with Crippen LogP contribution in [-0.2, 0) is 4.79 Å². The molecule has 0 aromatic carbocycles. The van der Waals surface area contributed by atoms with Crippen LogP contribution < -0.4 is 10.6 Å². The highest BCUT2D eigenvalue weighted by Crippen LogP contribution is 2.20. The Morgan fingerprint density at radius 3 is 2.61 bits per heavy atom. The molecule has 1 aromatic rings. The Labute approximate surface area is 112 Å². The van der Waals surface area contributed by atoms with Gasteiger partial charge in [-0.1, -0.05) is 18.5 Å². The second-order valence-corrected chi connectivity index (χ2v) is 4.47. The van der Waals surface area contributed by atoms with Crippen LogP contribution in [0.25, 0.3) is 0 Å². The number of carbonyl (C=O) groups excluding carboxylic acids is 1. The number of anilines is 1. The van der Waals surface area contributed by atoms with E-state index in [1.165, 1.54) is 0 Å². The summed E-state index contributed by atoms with van der Waals surface area (Å²) in [5, 5.41) is 14.1. The van der Waals surface area contributed by atoms with Gasteiger partial charge in [-0.25, -0.2) is 0 Å². The van der Waals surface area contributed by atoms with Gasteiger partial charge in [0, 0.05) is 19.5 Å². The number of hydrogen-bond donors (Lipinski definition) is 2. The fourth-order valence-corrected chi connectivity index (χ4v) is 1.57. The summed E-state index contributed by atoms with van der Waals surface area (Å²) >= 11 is 5.86. The number of carbonyl (C=O) groups is 1. The molecule has 2 N–H and O–H groups in total. The van der Waals surface area contributed by atoms with E-state index in [2.05, 4.69) is 20.8 Å². The summed E-state index contributed by atoms with van der Waals surface area (Å²) in [6.45, 7) is 7.10. The molecule has 0 unspecified atom stereocenters. The molecule has 0 saturated heterocycles. The van der Waals surface area contributed by atoms with Crippen molar-refractivity contribution < 1.29 is 4.79 Å². The molecule has 100 valence electrons. The number of hydrogen-bond acceptors (Lipinski definition) is 4. The first-order valence-electron chi connectivity index (χ1n) is 6.06. The maximum Gasteiger partial charge on any atom is 0.221 e. The van der Waals surface area contributed by atoms with Gasteiger partial charge in [-0.15, -0.1) is 10.2 Å². The Morgan fingerprint density at radius 2 is 1.94 bits per heavy atom. The lowest BCUT2D eigenvalue weighted by atomic mass is 10.2. The van der Waals surface area contributed by atoms with Gasteiger partial charge in [0.2, 0.25) is 5.91 Å². The Balaban J connectivity index is 2.45. The normalized spacial score (nSPS) is 10.2. The summed E-state index contributed by atoms with van der Waals surface area (Å²) < 4.78 is 0. The first kappa shape index (κ1) is 14.7. The third-order valence-corrected chi connectivity index (χ3v) is 3.04. The average Bonchev–Trinajstić information content (AvgIpc) is 2.36. The average molecular weight is 271 g/mol. The van der Waals surface area contributed by atoms with E-state index < -0.39 is 0 Å². The number of halogens is 1. The molecule has 0 atom stereocenters. The largest absolute Gasteiger partial charge is 0.368 e. The zero-order valence-electron chi connectivity index (χ0n) is 11.0. The maximum absolute atomic E-state index is 11.4. The smallest absolute Gasteiger partial charge is 0.221 e. The molecule has 0 radical (unpaired) electrons. The van der Waals surface area contributed by atoms with Crippen molar-refractivity contribution in [2.75, 3.05) is 18.4 Å². The molecule has 0 aliphatic heterocycles. The fourth-order valence-electron chi connectivity index (χ4n) is 1.39. The predicted molar refractivity (Wildman–Crippen MR) is 72.9 cm³/mol. The summed E-state index contributed by atoms with van der Waals surface area (Å²) in [7, 11) is 0. The topological polar surface area (TPSA) is 66.9 Å². The predicted octanol–water partition coefficient (Wildman–Crippen LogP) is 2.08. The standard InChI is InChI=1S/C12H19ClN4O/c1-4-6-14-10(18)5-7-15-12-9(3)8(2)11(13)16-17-12/h4-7H2,1-3H3,(H,14,18)(H,15,17). The Kier molecular flexibility index (Phi) is 5.85. The van der Waals surface area contributed by atoms with E-state index >= 15 is 0 Å². The van der Waals surface area contributed by atoms with E-state index in [4.69, 9.17) is 11.6 Å². The third kappa shape index (κ3) is 4.14. The van der Waals surface area contributed by atoms with Crippen LogP contribution >= 0.6 is 11.6 Å². The van der Waals surface area contributed by atoms with Crippen molar-refractivity contribution in [3.8, 4) is 0 Å². The van der Waals surface area contributed by atoms with Crippen LogP contribution in [0.2, 0.25) is 5.15 Å². The van der Waals surface area contributed by atoms with Gasteiger partial charge in [-0.2, -0.15) is 0 Å². The number of rotatable bonds is 6. The summed E-state index contributed by atoms with van der Waals surface area (Å²) in [6.07, 6.45) is 1.36. The summed E-state index contributed by atoms with van der Waals surface area (Å²) in [4.78, 5) is 11.4. The van der Waals surface area contributed by atoms with Crippen molar-refractivity contribution in [1.29, 1.82) is 0 Å². The monoisotopic (exact) mass is 270 g/mol. The summed E-state index contributed by atoms with van der Waals surface area (Å²) in [6, 6.07) is 0. The van der Waals surface area contributed by atoms with Crippen LogP contribution in [0.3, 0.4) is 0 Å². The minimum atomic E-state index is 0.0423. The van der Waals surface area contributed by atoms with E-state index in [0.29, 0.717) is 23.9 Å². The molecule has 1 amide bonds. The van der Waals surface area contributed by atoms with Gasteiger partial charge < -0.3 is 10.6 Å². The minimum Gasteiger partial charge on any atom is -0.368 e. The number of aromatic nitrogens is 2. The lowest BCUT2D eigenvalue weighted by Gasteiger charge is -2.10. The SMILES string of the molecule is CCCNC(=O)CCNc1nnc(Cl)c(C)c1C. The van der Waals surface area contributed by atoms with E-state index in [9.17, 15) is 4.79 Å². The lowest BCUT2D eigenvalue weighted by molar-refractivity contribution is -0.120. The second kappa shape index (κ2) is 7.16. The van der Waals surface area contributed by atoms with Crippen molar-refractivity contribution in [3.63, 3.8) is 0 Å². The molecule has 0 spiro atoms. The number of amides is 1. The zero-order chi connectivity index (χ0) is 13.5.